The van der Waals surface area contributed by atoms with Crippen LogP contribution >= 0.6 is 0 Å². The van der Waals surface area contributed by atoms with Crippen molar-refractivity contribution in [3.63, 3.8) is 0 Å². The van der Waals surface area contributed by atoms with Crippen LogP contribution in [0.5, 0.6) is 0 Å². The number of hydrogen-bond donors (Lipinski definition) is 1. The Morgan fingerprint density at radius 1 is 1.33 bits per heavy atom. The van der Waals surface area contributed by atoms with Crippen LogP contribution in [0.15, 0.2) is 18.2 Å². The Morgan fingerprint density at radius 3 is 2.73 bits per heavy atom. The van der Waals surface area contributed by atoms with Crippen molar-refractivity contribution in [2.24, 2.45) is 5.41 Å². The van der Waals surface area contributed by atoms with E-state index in [-0.39, 0.29) is 0 Å². The molecule has 1 saturated carbocycles. The highest BCUT2D eigenvalue weighted by atomic mass is 15.0. The van der Waals surface area contributed by atoms with Crippen molar-refractivity contribution in [1.82, 2.24) is 4.98 Å². The van der Waals surface area contributed by atoms with Crippen molar-refractivity contribution < 1.29 is 0 Å². The van der Waals surface area contributed by atoms with E-state index in [9.17, 15) is 0 Å². The second-order valence-electron chi connectivity index (χ2n) is 5.04. The van der Waals surface area contributed by atoms with Crippen molar-refractivity contribution in [3.05, 3.63) is 23.9 Å². The topological polar surface area (TPSA) is 24.9 Å². The summed E-state index contributed by atoms with van der Waals surface area (Å²) in [7, 11) is 0. The third kappa shape index (κ3) is 2.71. The average Bonchev–Trinajstić information content (AvgIpc) is 2.63. The fourth-order valence-electron chi connectivity index (χ4n) is 2.35. The standard InChI is InChI=1S/C13H20N2/c1-11-6-5-7-12(15-11)14-10-13(2)8-3-4-9-13/h5-7H,3-4,8-10H2,1-2H3,(H,14,15). The predicted molar refractivity (Wildman–Crippen MR) is 64.0 cm³/mol. The number of aryl methyl sites for hydroxylation is 1. The molecule has 0 radical (unpaired) electrons. The highest BCUT2D eigenvalue weighted by Crippen LogP contribution is 2.37. The van der Waals surface area contributed by atoms with Gasteiger partial charge in [0.05, 0.1) is 0 Å². The first kappa shape index (κ1) is 10.5. The fraction of sp³-hybridized carbons (Fsp3) is 0.615. The minimum atomic E-state index is 0.491. The van der Waals surface area contributed by atoms with Gasteiger partial charge in [-0.05, 0) is 37.3 Å². The second-order valence-corrected chi connectivity index (χ2v) is 5.04. The van der Waals surface area contributed by atoms with Gasteiger partial charge < -0.3 is 5.32 Å². The van der Waals surface area contributed by atoms with E-state index in [1.807, 2.05) is 19.1 Å². The van der Waals surface area contributed by atoms with E-state index in [4.69, 9.17) is 0 Å². The third-order valence-electron chi connectivity index (χ3n) is 3.40. The van der Waals surface area contributed by atoms with E-state index in [0.29, 0.717) is 5.41 Å². The van der Waals surface area contributed by atoms with Crippen molar-refractivity contribution in [1.29, 1.82) is 0 Å². The molecule has 0 aromatic carbocycles. The molecule has 1 aliphatic carbocycles. The van der Waals surface area contributed by atoms with Gasteiger partial charge in [-0.3, -0.25) is 0 Å². The summed E-state index contributed by atoms with van der Waals surface area (Å²) < 4.78 is 0. The molecule has 1 aromatic heterocycles. The summed E-state index contributed by atoms with van der Waals surface area (Å²) in [5, 5.41) is 3.46. The van der Waals surface area contributed by atoms with E-state index >= 15 is 0 Å². The van der Waals surface area contributed by atoms with Crippen LogP contribution in [0.2, 0.25) is 0 Å². The third-order valence-corrected chi connectivity index (χ3v) is 3.40. The van der Waals surface area contributed by atoms with Gasteiger partial charge in [0, 0.05) is 12.2 Å². The molecule has 0 amide bonds. The van der Waals surface area contributed by atoms with Crippen molar-refractivity contribution in [2.45, 2.75) is 39.5 Å². The van der Waals surface area contributed by atoms with Gasteiger partial charge in [0.1, 0.15) is 5.82 Å². The summed E-state index contributed by atoms with van der Waals surface area (Å²) >= 11 is 0. The van der Waals surface area contributed by atoms with Gasteiger partial charge >= 0.3 is 0 Å². The summed E-state index contributed by atoms with van der Waals surface area (Å²) in [6.07, 6.45) is 5.48. The molecule has 82 valence electrons. The summed E-state index contributed by atoms with van der Waals surface area (Å²) in [5.41, 5.74) is 1.57. The van der Waals surface area contributed by atoms with Gasteiger partial charge in [-0.1, -0.05) is 25.8 Å². The maximum absolute atomic E-state index is 4.45. The minimum absolute atomic E-state index is 0.491. The largest absolute Gasteiger partial charge is 0.370 e. The Bertz CT molecular complexity index is 327. The molecule has 2 rings (SSSR count). The first-order valence-corrected chi connectivity index (χ1v) is 5.86. The predicted octanol–water partition coefficient (Wildman–Crippen LogP) is 3.38. The molecule has 2 heteroatoms. The zero-order chi connectivity index (χ0) is 10.7. The fourth-order valence-corrected chi connectivity index (χ4v) is 2.35. The Morgan fingerprint density at radius 2 is 2.07 bits per heavy atom. The van der Waals surface area contributed by atoms with Crippen LogP contribution in [0.25, 0.3) is 0 Å². The molecular formula is C13H20N2. The Hall–Kier alpha value is -1.05. The van der Waals surface area contributed by atoms with E-state index in [1.54, 1.807) is 0 Å². The summed E-state index contributed by atoms with van der Waals surface area (Å²) in [4.78, 5) is 4.45. The van der Waals surface area contributed by atoms with E-state index in [0.717, 1.165) is 18.1 Å². The molecule has 1 aliphatic rings. The van der Waals surface area contributed by atoms with Crippen LogP contribution in [0.4, 0.5) is 5.82 Å². The maximum atomic E-state index is 4.45. The molecule has 15 heavy (non-hydrogen) atoms. The summed E-state index contributed by atoms with van der Waals surface area (Å²) in [6.45, 7) is 5.47. The number of pyridine rings is 1. The molecule has 2 nitrogen and oxygen atoms in total. The van der Waals surface area contributed by atoms with E-state index in [2.05, 4.69) is 23.3 Å². The molecular weight excluding hydrogens is 184 g/mol. The highest BCUT2D eigenvalue weighted by molar-refractivity contribution is 5.35. The van der Waals surface area contributed by atoms with Crippen LogP contribution in [-0.4, -0.2) is 11.5 Å². The Balaban J connectivity index is 1.92. The maximum Gasteiger partial charge on any atom is 0.126 e. The second kappa shape index (κ2) is 4.21. The van der Waals surface area contributed by atoms with Crippen molar-refractivity contribution in [3.8, 4) is 0 Å². The minimum Gasteiger partial charge on any atom is -0.370 e. The molecule has 1 heterocycles. The lowest BCUT2D eigenvalue weighted by molar-refractivity contribution is 0.361. The summed E-state index contributed by atoms with van der Waals surface area (Å²) in [6, 6.07) is 6.13. The van der Waals surface area contributed by atoms with E-state index < -0.39 is 0 Å². The Kier molecular flexibility index (Phi) is 2.94. The zero-order valence-electron chi connectivity index (χ0n) is 9.71. The van der Waals surface area contributed by atoms with Crippen LogP contribution in [0, 0.1) is 12.3 Å². The van der Waals surface area contributed by atoms with Gasteiger partial charge in [0.15, 0.2) is 0 Å². The van der Waals surface area contributed by atoms with Crippen LogP contribution < -0.4 is 5.32 Å². The van der Waals surface area contributed by atoms with Crippen molar-refractivity contribution in [2.75, 3.05) is 11.9 Å². The number of rotatable bonds is 3. The first-order valence-electron chi connectivity index (χ1n) is 5.86. The number of hydrogen-bond acceptors (Lipinski definition) is 2. The number of nitrogens with one attached hydrogen (secondary N) is 1. The lowest BCUT2D eigenvalue weighted by Gasteiger charge is -2.24. The number of aromatic nitrogens is 1. The average molecular weight is 204 g/mol. The van der Waals surface area contributed by atoms with Crippen molar-refractivity contribution >= 4 is 5.82 Å². The highest BCUT2D eigenvalue weighted by Gasteiger charge is 2.28. The molecule has 0 bridgehead atoms. The molecule has 0 aliphatic heterocycles. The SMILES string of the molecule is Cc1cccc(NCC2(C)CCCC2)n1. The smallest absolute Gasteiger partial charge is 0.126 e. The van der Waals surface area contributed by atoms with Gasteiger partial charge in [-0.2, -0.15) is 0 Å². The molecule has 1 N–H and O–H groups in total. The van der Waals surface area contributed by atoms with Gasteiger partial charge in [-0.25, -0.2) is 4.98 Å². The number of anilines is 1. The molecule has 0 saturated heterocycles. The molecule has 0 unspecified atom stereocenters. The van der Waals surface area contributed by atoms with Crippen LogP contribution in [-0.2, 0) is 0 Å². The molecule has 1 aromatic rings. The number of nitrogens with zero attached hydrogens (tertiary/aromatic N) is 1. The Labute approximate surface area is 92.1 Å². The quantitative estimate of drug-likeness (QED) is 0.816. The lowest BCUT2D eigenvalue weighted by atomic mass is 9.89. The van der Waals surface area contributed by atoms with Crippen LogP contribution in [0.3, 0.4) is 0 Å². The monoisotopic (exact) mass is 204 g/mol. The first-order chi connectivity index (χ1) is 7.18. The normalized spacial score (nSPS) is 19.1. The zero-order valence-corrected chi connectivity index (χ0v) is 9.71. The van der Waals surface area contributed by atoms with E-state index in [1.165, 1.54) is 25.7 Å². The molecule has 0 spiro atoms. The van der Waals surface area contributed by atoms with Gasteiger partial charge in [0.2, 0.25) is 0 Å². The molecule has 0 atom stereocenters. The lowest BCUT2D eigenvalue weighted by Crippen LogP contribution is -2.23. The van der Waals surface area contributed by atoms with Crippen LogP contribution in [0.1, 0.15) is 38.3 Å². The van der Waals surface area contributed by atoms with Gasteiger partial charge in [-0.15, -0.1) is 0 Å². The van der Waals surface area contributed by atoms with Gasteiger partial charge in [0.25, 0.3) is 0 Å². The molecule has 1 fully saturated rings. The summed E-state index contributed by atoms with van der Waals surface area (Å²) in [5.74, 6) is 1.02.